The quantitative estimate of drug-likeness (QED) is 0.276. The van der Waals surface area contributed by atoms with Gasteiger partial charge in [-0.2, -0.15) is 0 Å². The number of aromatic nitrogens is 3. The van der Waals surface area contributed by atoms with E-state index in [2.05, 4.69) is 34.1 Å². The molecule has 186 valence electrons. The summed E-state index contributed by atoms with van der Waals surface area (Å²) in [5.41, 5.74) is 5.49. The fourth-order valence-electron chi connectivity index (χ4n) is 5.00. The van der Waals surface area contributed by atoms with Crippen molar-refractivity contribution in [2.24, 2.45) is 0 Å². The standard InChI is InChI=1S/C30H28N4O3/c35-30(36)23-8-12-29-28(19-23)31-20-34(29)24-9-11-27-22(17-24)7-10-26(32-27)21-5-3-6-25(18-21)37-16-4-15-33-13-1-2-14-33/h3,5-12,17-20H,1-2,4,13-16H2,(H,35,36). The predicted molar refractivity (Wildman–Crippen MR) is 145 cm³/mol. The number of likely N-dealkylation sites (tertiary alicyclic amines) is 1. The molecule has 0 amide bonds. The SMILES string of the molecule is O=C(O)c1ccc2c(c1)ncn2-c1ccc2nc(-c3cccc(OCCCN4CCCC4)c3)ccc2c1. The summed E-state index contributed by atoms with van der Waals surface area (Å²) in [5, 5.41) is 10.3. The number of carboxylic acids is 1. The van der Waals surface area contributed by atoms with Crippen LogP contribution in [0.1, 0.15) is 29.6 Å². The molecule has 37 heavy (non-hydrogen) atoms. The van der Waals surface area contributed by atoms with Crippen LogP contribution >= 0.6 is 0 Å². The first-order valence-electron chi connectivity index (χ1n) is 12.7. The van der Waals surface area contributed by atoms with Crippen LogP contribution in [0.2, 0.25) is 0 Å². The topological polar surface area (TPSA) is 80.5 Å². The molecule has 7 nitrogen and oxygen atoms in total. The molecule has 1 saturated heterocycles. The van der Waals surface area contributed by atoms with Crippen LogP contribution in [0, 0.1) is 0 Å². The molecule has 5 aromatic rings. The van der Waals surface area contributed by atoms with Crippen molar-refractivity contribution in [2.75, 3.05) is 26.2 Å². The zero-order chi connectivity index (χ0) is 25.2. The van der Waals surface area contributed by atoms with Crippen LogP contribution in [-0.2, 0) is 0 Å². The Morgan fingerprint density at radius 1 is 0.946 bits per heavy atom. The molecular formula is C30H28N4O3. The lowest BCUT2D eigenvalue weighted by molar-refractivity contribution is 0.0697. The van der Waals surface area contributed by atoms with E-state index in [4.69, 9.17) is 9.72 Å². The highest BCUT2D eigenvalue weighted by molar-refractivity contribution is 5.93. The van der Waals surface area contributed by atoms with Crippen molar-refractivity contribution >= 4 is 27.9 Å². The lowest BCUT2D eigenvalue weighted by Gasteiger charge is -2.14. The highest BCUT2D eigenvalue weighted by Gasteiger charge is 2.12. The van der Waals surface area contributed by atoms with Crippen LogP contribution in [0.5, 0.6) is 5.75 Å². The molecule has 1 N–H and O–H groups in total. The van der Waals surface area contributed by atoms with Crippen molar-refractivity contribution in [1.82, 2.24) is 19.4 Å². The molecular weight excluding hydrogens is 464 g/mol. The van der Waals surface area contributed by atoms with Crippen molar-refractivity contribution < 1.29 is 14.6 Å². The second-order valence-corrected chi connectivity index (χ2v) is 9.48. The van der Waals surface area contributed by atoms with E-state index in [0.717, 1.165) is 52.1 Å². The minimum atomic E-state index is -0.960. The summed E-state index contributed by atoms with van der Waals surface area (Å²) in [7, 11) is 0. The number of ether oxygens (including phenoxy) is 1. The maximum absolute atomic E-state index is 11.3. The van der Waals surface area contributed by atoms with Gasteiger partial charge >= 0.3 is 5.97 Å². The molecule has 1 fully saturated rings. The van der Waals surface area contributed by atoms with E-state index >= 15 is 0 Å². The zero-order valence-corrected chi connectivity index (χ0v) is 20.5. The Hall–Kier alpha value is -4.23. The van der Waals surface area contributed by atoms with E-state index in [1.54, 1.807) is 24.5 Å². The lowest BCUT2D eigenvalue weighted by Crippen LogP contribution is -2.21. The monoisotopic (exact) mass is 492 g/mol. The average molecular weight is 493 g/mol. The van der Waals surface area contributed by atoms with Gasteiger partial charge in [-0.1, -0.05) is 18.2 Å². The number of carbonyl (C=O) groups is 1. The molecule has 3 heterocycles. The van der Waals surface area contributed by atoms with Crippen molar-refractivity contribution in [2.45, 2.75) is 19.3 Å². The van der Waals surface area contributed by atoms with Crippen LogP contribution in [0.4, 0.5) is 0 Å². The molecule has 1 aliphatic rings. The second-order valence-electron chi connectivity index (χ2n) is 9.48. The van der Waals surface area contributed by atoms with Gasteiger partial charge in [-0.25, -0.2) is 14.8 Å². The molecule has 0 radical (unpaired) electrons. The summed E-state index contributed by atoms with van der Waals surface area (Å²) >= 11 is 0. The zero-order valence-electron chi connectivity index (χ0n) is 20.5. The van der Waals surface area contributed by atoms with Crippen LogP contribution < -0.4 is 4.74 Å². The first-order chi connectivity index (χ1) is 18.1. The number of hydrogen-bond acceptors (Lipinski definition) is 5. The summed E-state index contributed by atoms with van der Waals surface area (Å²) in [6.07, 6.45) is 5.39. The van der Waals surface area contributed by atoms with Gasteiger partial charge in [0.15, 0.2) is 0 Å². The molecule has 0 spiro atoms. The van der Waals surface area contributed by atoms with Gasteiger partial charge in [-0.3, -0.25) is 4.57 Å². The number of benzene rings is 3. The van der Waals surface area contributed by atoms with Gasteiger partial charge in [-0.05, 0) is 86.9 Å². The normalized spacial score (nSPS) is 13.9. The fraction of sp³-hybridized carbons (Fsp3) is 0.233. The van der Waals surface area contributed by atoms with Gasteiger partial charge in [0, 0.05) is 23.2 Å². The maximum Gasteiger partial charge on any atom is 0.335 e. The molecule has 0 atom stereocenters. The third kappa shape index (κ3) is 4.90. The van der Waals surface area contributed by atoms with Crippen molar-refractivity contribution in [3.05, 3.63) is 84.7 Å². The number of fused-ring (bicyclic) bond motifs is 2. The van der Waals surface area contributed by atoms with E-state index in [0.29, 0.717) is 12.1 Å². The van der Waals surface area contributed by atoms with E-state index < -0.39 is 5.97 Å². The highest BCUT2D eigenvalue weighted by Crippen LogP contribution is 2.27. The molecule has 6 rings (SSSR count). The minimum absolute atomic E-state index is 0.226. The highest BCUT2D eigenvalue weighted by atomic mass is 16.5. The number of pyridine rings is 1. The van der Waals surface area contributed by atoms with Crippen LogP contribution in [0.15, 0.2) is 79.1 Å². The number of hydrogen-bond donors (Lipinski definition) is 1. The Bertz CT molecular complexity index is 1590. The van der Waals surface area contributed by atoms with E-state index in [9.17, 15) is 9.90 Å². The second kappa shape index (κ2) is 10.0. The largest absolute Gasteiger partial charge is 0.494 e. The third-order valence-electron chi connectivity index (χ3n) is 6.96. The summed E-state index contributed by atoms with van der Waals surface area (Å²) in [6, 6.07) is 23.3. The molecule has 0 saturated carbocycles. The Kier molecular flexibility index (Phi) is 6.28. The molecule has 2 aromatic heterocycles. The first-order valence-corrected chi connectivity index (χ1v) is 12.7. The fourth-order valence-corrected chi connectivity index (χ4v) is 5.00. The maximum atomic E-state index is 11.3. The van der Waals surface area contributed by atoms with Gasteiger partial charge in [0.1, 0.15) is 12.1 Å². The molecule has 3 aromatic carbocycles. The number of aromatic carboxylic acids is 1. The number of rotatable bonds is 8. The Labute approximate surface area is 215 Å². The van der Waals surface area contributed by atoms with Crippen LogP contribution in [0.25, 0.3) is 38.9 Å². The van der Waals surface area contributed by atoms with Gasteiger partial charge in [-0.15, -0.1) is 0 Å². The Balaban J connectivity index is 1.20. The van der Waals surface area contributed by atoms with E-state index in [1.165, 1.54) is 25.9 Å². The Morgan fingerprint density at radius 2 is 1.84 bits per heavy atom. The summed E-state index contributed by atoms with van der Waals surface area (Å²) in [4.78, 5) is 23.1. The van der Waals surface area contributed by atoms with Gasteiger partial charge < -0.3 is 14.7 Å². The number of imidazole rings is 1. The van der Waals surface area contributed by atoms with Gasteiger partial charge in [0.05, 0.1) is 34.4 Å². The molecule has 7 heteroatoms. The van der Waals surface area contributed by atoms with E-state index in [-0.39, 0.29) is 5.56 Å². The van der Waals surface area contributed by atoms with Gasteiger partial charge in [0.2, 0.25) is 0 Å². The first kappa shape index (κ1) is 23.2. The van der Waals surface area contributed by atoms with Crippen LogP contribution in [-0.4, -0.2) is 56.8 Å². The molecule has 1 aliphatic heterocycles. The summed E-state index contributed by atoms with van der Waals surface area (Å²) in [6.45, 7) is 4.26. The summed E-state index contributed by atoms with van der Waals surface area (Å²) < 4.78 is 7.99. The third-order valence-corrected chi connectivity index (χ3v) is 6.96. The lowest BCUT2D eigenvalue weighted by atomic mass is 10.1. The molecule has 0 unspecified atom stereocenters. The van der Waals surface area contributed by atoms with Gasteiger partial charge in [0.25, 0.3) is 0 Å². The van der Waals surface area contributed by atoms with Crippen molar-refractivity contribution in [3.8, 4) is 22.7 Å². The van der Waals surface area contributed by atoms with E-state index in [1.807, 2.05) is 34.9 Å². The molecule has 0 bridgehead atoms. The smallest absolute Gasteiger partial charge is 0.335 e. The van der Waals surface area contributed by atoms with Crippen LogP contribution in [0.3, 0.4) is 0 Å². The predicted octanol–water partition coefficient (Wildman–Crippen LogP) is 5.80. The number of nitrogens with zero attached hydrogens (tertiary/aromatic N) is 4. The minimum Gasteiger partial charge on any atom is -0.494 e. The van der Waals surface area contributed by atoms with Crippen molar-refractivity contribution in [3.63, 3.8) is 0 Å². The number of carboxylic acid groups (broad SMARTS) is 1. The molecule has 0 aliphatic carbocycles. The average Bonchev–Trinajstić information content (AvgIpc) is 3.60. The van der Waals surface area contributed by atoms with Crippen molar-refractivity contribution in [1.29, 1.82) is 0 Å². The summed E-state index contributed by atoms with van der Waals surface area (Å²) in [5.74, 6) is -0.0899. The Morgan fingerprint density at radius 3 is 2.70 bits per heavy atom.